The summed E-state index contributed by atoms with van der Waals surface area (Å²) < 4.78 is 11.4. The van der Waals surface area contributed by atoms with E-state index in [1.165, 1.54) is 37.5 Å². The molecular formula is C60H57N3O7. The number of carbonyl (C=O) groups excluding carboxylic acids is 5. The van der Waals surface area contributed by atoms with E-state index in [4.69, 9.17) is 9.47 Å². The Bertz CT molecular complexity index is 2860. The average Bonchev–Trinajstić information content (AvgIpc) is 3.38. The molecule has 0 aromatic heterocycles. The molecule has 3 atom stereocenters. The first kappa shape index (κ1) is 45.1. The van der Waals surface area contributed by atoms with Gasteiger partial charge in [-0.2, -0.15) is 0 Å². The van der Waals surface area contributed by atoms with Gasteiger partial charge in [0, 0.05) is 30.5 Å². The molecule has 6 bridgehead atoms. The van der Waals surface area contributed by atoms with Crippen LogP contribution in [0.25, 0.3) is 0 Å². The number of nitrogens with one attached hydrogen (secondary N) is 3. The third-order valence-corrected chi connectivity index (χ3v) is 15.9. The number of carbonyl (C=O) groups is 5. The first-order chi connectivity index (χ1) is 34.2. The van der Waals surface area contributed by atoms with Crippen LogP contribution in [0.5, 0.6) is 0 Å². The van der Waals surface area contributed by atoms with E-state index in [0.717, 1.165) is 76.0 Å². The van der Waals surface area contributed by atoms with E-state index in [9.17, 15) is 14.4 Å². The van der Waals surface area contributed by atoms with Crippen molar-refractivity contribution in [3.8, 4) is 0 Å². The summed E-state index contributed by atoms with van der Waals surface area (Å²) in [6, 6.07) is 47.5. The molecule has 0 spiro atoms. The van der Waals surface area contributed by atoms with Crippen LogP contribution < -0.4 is 16.0 Å². The van der Waals surface area contributed by atoms with Crippen molar-refractivity contribution in [3.63, 3.8) is 0 Å². The number of hydrogen-bond donors (Lipinski definition) is 3. The van der Waals surface area contributed by atoms with Gasteiger partial charge >= 0.3 is 11.9 Å². The smallest absolute Gasteiger partial charge is 0.339 e. The maximum absolute atomic E-state index is 15.4. The summed E-state index contributed by atoms with van der Waals surface area (Å²) in [5.41, 5.74) is 6.72. The molecule has 3 amide bonds. The number of fused-ring (bicyclic) bond motifs is 1. The molecule has 3 N–H and O–H groups in total. The highest BCUT2D eigenvalue weighted by molar-refractivity contribution is 6.05. The lowest BCUT2D eigenvalue weighted by Gasteiger charge is -2.57. The summed E-state index contributed by atoms with van der Waals surface area (Å²) in [6.45, 7) is 0.562. The summed E-state index contributed by atoms with van der Waals surface area (Å²) in [7, 11) is 0. The highest BCUT2D eigenvalue weighted by atomic mass is 16.5. The van der Waals surface area contributed by atoms with Gasteiger partial charge in [-0.3, -0.25) is 14.4 Å². The van der Waals surface area contributed by atoms with Crippen LogP contribution in [0.1, 0.15) is 110 Å². The van der Waals surface area contributed by atoms with Crippen LogP contribution in [0.3, 0.4) is 0 Å². The van der Waals surface area contributed by atoms with Crippen molar-refractivity contribution in [2.24, 2.45) is 35.0 Å². The number of esters is 2. The molecule has 0 unspecified atom stereocenters. The van der Waals surface area contributed by atoms with Gasteiger partial charge in [0.1, 0.15) is 19.3 Å². The fourth-order valence-electron chi connectivity index (χ4n) is 13.3. The topological polar surface area (TPSA) is 140 Å². The minimum atomic E-state index is -1.10. The normalized spacial score (nSPS) is 24.6. The predicted octanol–water partition coefficient (Wildman–Crippen LogP) is 9.92. The molecule has 6 aromatic carbocycles. The summed E-state index contributed by atoms with van der Waals surface area (Å²) >= 11 is 0. The third kappa shape index (κ3) is 9.03. The summed E-state index contributed by atoms with van der Waals surface area (Å²) in [5.74, 6) is -2.66. The Morgan fingerprint density at radius 1 is 0.514 bits per heavy atom. The number of benzene rings is 6. The van der Waals surface area contributed by atoms with Gasteiger partial charge in [-0.05, 0) is 119 Å². The van der Waals surface area contributed by atoms with Crippen LogP contribution in [-0.2, 0) is 43.5 Å². The van der Waals surface area contributed by atoms with Crippen LogP contribution in [-0.4, -0.2) is 42.2 Å². The molecule has 7 aliphatic rings. The van der Waals surface area contributed by atoms with Crippen molar-refractivity contribution in [2.75, 3.05) is 11.9 Å². The van der Waals surface area contributed by atoms with E-state index in [-0.39, 0.29) is 59.6 Å². The average molecular weight is 932 g/mol. The fourth-order valence-corrected chi connectivity index (χ4v) is 13.3. The van der Waals surface area contributed by atoms with Gasteiger partial charge in [0.05, 0.1) is 23.0 Å². The van der Waals surface area contributed by atoms with Crippen LogP contribution >= 0.6 is 0 Å². The Balaban J connectivity index is 0.890. The second kappa shape index (κ2) is 19.2. The lowest BCUT2D eigenvalue weighted by Crippen LogP contribution is -2.57. The maximum Gasteiger partial charge on any atom is 0.339 e. The van der Waals surface area contributed by atoms with Gasteiger partial charge in [-0.25, -0.2) is 9.59 Å². The zero-order valence-corrected chi connectivity index (χ0v) is 39.1. The zero-order chi connectivity index (χ0) is 47.8. The van der Waals surface area contributed by atoms with Crippen LogP contribution in [0.2, 0.25) is 0 Å². The molecule has 354 valence electrons. The van der Waals surface area contributed by atoms with Gasteiger partial charge in [0.15, 0.2) is 0 Å². The second-order valence-electron chi connectivity index (χ2n) is 20.5. The molecule has 13 rings (SSSR count). The first-order valence-corrected chi connectivity index (χ1v) is 24.9. The Morgan fingerprint density at radius 3 is 1.46 bits per heavy atom. The molecule has 10 heteroatoms. The molecule has 4 fully saturated rings. The lowest BCUT2D eigenvalue weighted by atomic mass is 9.49. The molecular weight excluding hydrogens is 875 g/mol. The minimum absolute atomic E-state index is 0.0121. The van der Waals surface area contributed by atoms with Gasteiger partial charge < -0.3 is 25.4 Å². The Hall–Kier alpha value is -7.33. The minimum Gasteiger partial charge on any atom is -0.457 e. The van der Waals surface area contributed by atoms with E-state index in [0.29, 0.717) is 6.54 Å². The molecule has 4 saturated carbocycles. The maximum atomic E-state index is 15.4. The lowest BCUT2D eigenvalue weighted by molar-refractivity contribution is -0.139. The van der Waals surface area contributed by atoms with Crippen molar-refractivity contribution in [3.05, 3.63) is 208 Å². The van der Waals surface area contributed by atoms with Crippen molar-refractivity contribution in [2.45, 2.75) is 76.0 Å². The van der Waals surface area contributed by atoms with Crippen LogP contribution in [0, 0.1) is 35.0 Å². The van der Waals surface area contributed by atoms with Crippen LogP contribution in [0.4, 0.5) is 5.69 Å². The SMILES string of the molecule is O=C(OCc1ccccc1)c1ccc(NC(=O)[C@H](Cc2ccccc2)NC(=O)[C@H]2C3c4ccccc4C(c4ccccc43)[C@H]2C(=O)NCC23CC4CC(CC(C4)C2)C3)cc1C(=O)OCc1ccccc1. The quantitative estimate of drug-likeness (QED) is 0.0872. The van der Waals surface area contributed by atoms with Crippen molar-refractivity contribution < 1.29 is 33.4 Å². The highest BCUT2D eigenvalue weighted by Crippen LogP contribution is 2.61. The number of anilines is 1. The Kier molecular flexibility index (Phi) is 12.4. The van der Waals surface area contributed by atoms with Crippen molar-refractivity contribution in [1.29, 1.82) is 0 Å². The van der Waals surface area contributed by atoms with Crippen molar-refractivity contribution in [1.82, 2.24) is 10.6 Å². The van der Waals surface area contributed by atoms with Gasteiger partial charge in [-0.1, -0.05) is 140 Å². The van der Waals surface area contributed by atoms with Crippen LogP contribution in [0.15, 0.2) is 158 Å². The fraction of sp³-hybridized carbons (Fsp3) is 0.317. The molecule has 7 aliphatic carbocycles. The van der Waals surface area contributed by atoms with Gasteiger partial charge in [-0.15, -0.1) is 0 Å². The molecule has 70 heavy (non-hydrogen) atoms. The predicted molar refractivity (Wildman–Crippen MR) is 265 cm³/mol. The van der Waals surface area contributed by atoms with E-state index in [1.807, 2.05) is 115 Å². The van der Waals surface area contributed by atoms with E-state index < -0.39 is 41.6 Å². The Labute approximate surface area is 408 Å². The van der Waals surface area contributed by atoms with E-state index >= 15 is 9.59 Å². The highest BCUT2D eigenvalue weighted by Gasteiger charge is 2.56. The zero-order valence-electron chi connectivity index (χ0n) is 39.1. The molecule has 6 aromatic rings. The van der Waals surface area contributed by atoms with E-state index in [2.05, 4.69) is 40.2 Å². The number of rotatable bonds is 15. The molecule has 0 saturated heterocycles. The van der Waals surface area contributed by atoms with Crippen molar-refractivity contribution >= 4 is 35.3 Å². The molecule has 0 aliphatic heterocycles. The monoisotopic (exact) mass is 931 g/mol. The number of hydrogen-bond acceptors (Lipinski definition) is 7. The summed E-state index contributed by atoms with van der Waals surface area (Å²) in [5, 5.41) is 9.61. The summed E-state index contributed by atoms with van der Waals surface area (Å²) in [4.78, 5) is 72.8. The molecule has 0 heterocycles. The second-order valence-corrected chi connectivity index (χ2v) is 20.5. The Morgan fingerprint density at radius 2 is 0.957 bits per heavy atom. The molecule has 10 nitrogen and oxygen atoms in total. The van der Waals surface area contributed by atoms with Gasteiger partial charge in [0.2, 0.25) is 17.7 Å². The molecule has 0 radical (unpaired) electrons. The number of ether oxygens (including phenoxy) is 2. The van der Waals surface area contributed by atoms with Gasteiger partial charge in [0.25, 0.3) is 0 Å². The number of amides is 3. The largest absolute Gasteiger partial charge is 0.457 e. The first-order valence-electron chi connectivity index (χ1n) is 24.9. The third-order valence-electron chi connectivity index (χ3n) is 15.9. The summed E-state index contributed by atoms with van der Waals surface area (Å²) in [6.07, 6.45) is 7.53. The van der Waals surface area contributed by atoms with E-state index in [1.54, 1.807) is 0 Å². The standard InChI is InChI=1S/C60H57N3O7/c64-55(62-43-24-25-48(58(67)69-34-38-16-6-2-7-17-38)49(30-43)59(68)70-35-39-18-8-3-9-19-39)50(29-37-14-4-1-5-15-37)63-57(66)54-52-46-22-12-10-20-44(46)51(45-21-11-13-23-47(45)52)53(54)56(65)61-36-60-31-40-26-41(32-60)28-42(27-40)33-60/h1-25,30,40-42,50-54H,26-29,31-36H2,(H,61,65)(H,62,64)(H,63,66)/t40?,41?,42?,50-,51?,52?,53+,54-,60?/m0/s1.